The zero-order valence-electron chi connectivity index (χ0n) is 7.10. The molecular formula is C10H10N2S. The molecule has 0 amide bonds. The summed E-state index contributed by atoms with van der Waals surface area (Å²) in [6.07, 6.45) is 0. The summed E-state index contributed by atoms with van der Waals surface area (Å²) in [7, 11) is 0. The van der Waals surface area contributed by atoms with Gasteiger partial charge in [0.25, 0.3) is 0 Å². The second kappa shape index (κ2) is 3.82. The molecule has 2 nitrogen and oxygen atoms in total. The number of nitrogens with zero attached hydrogens (tertiary/aromatic N) is 1. The molecule has 13 heavy (non-hydrogen) atoms. The Morgan fingerprint density at radius 1 is 1.38 bits per heavy atom. The highest BCUT2D eigenvalue weighted by atomic mass is 32.2. The molecular weight excluding hydrogens is 180 g/mol. The molecule has 2 rings (SSSR count). The molecule has 1 heterocycles. The van der Waals surface area contributed by atoms with Crippen molar-refractivity contribution in [3.63, 3.8) is 0 Å². The topological polar surface area (TPSA) is 35.8 Å². The van der Waals surface area contributed by atoms with Gasteiger partial charge < -0.3 is 0 Å². The standard InChI is InChI=1S/C10H10N2S/c11-6-9-7-13-10(12-9)8-4-2-1-3-5-8/h1-5,9-10,12H,7H2. The van der Waals surface area contributed by atoms with Crippen LogP contribution in [-0.2, 0) is 0 Å². The molecule has 66 valence electrons. The number of thioether (sulfide) groups is 1. The summed E-state index contributed by atoms with van der Waals surface area (Å²) in [6, 6.07) is 12.5. The molecule has 0 radical (unpaired) electrons. The van der Waals surface area contributed by atoms with Crippen LogP contribution in [0.15, 0.2) is 30.3 Å². The molecule has 1 aliphatic heterocycles. The van der Waals surface area contributed by atoms with Gasteiger partial charge in [0.2, 0.25) is 0 Å². The van der Waals surface area contributed by atoms with E-state index in [-0.39, 0.29) is 6.04 Å². The predicted octanol–water partition coefficient (Wildman–Crippen LogP) is 1.91. The fraction of sp³-hybridized carbons (Fsp3) is 0.300. The van der Waals surface area contributed by atoms with Crippen LogP contribution in [0.4, 0.5) is 0 Å². The smallest absolute Gasteiger partial charge is 0.106 e. The molecule has 1 aromatic rings. The van der Waals surface area contributed by atoms with Crippen molar-refractivity contribution >= 4 is 11.8 Å². The number of nitriles is 1. The van der Waals surface area contributed by atoms with Gasteiger partial charge in [0.1, 0.15) is 6.04 Å². The van der Waals surface area contributed by atoms with Crippen molar-refractivity contribution in [2.24, 2.45) is 0 Å². The second-order valence-corrected chi connectivity index (χ2v) is 4.11. The molecule has 1 N–H and O–H groups in total. The van der Waals surface area contributed by atoms with Crippen LogP contribution >= 0.6 is 11.8 Å². The largest absolute Gasteiger partial charge is 0.286 e. The van der Waals surface area contributed by atoms with E-state index >= 15 is 0 Å². The van der Waals surface area contributed by atoms with Gasteiger partial charge in [0.15, 0.2) is 0 Å². The molecule has 1 fully saturated rings. The van der Waals surface area contributed by atoms with Crippen LogP contribution in [0.5, 0.6) is 0 Å². The van der Waals surface area contributed by atoms with Crippen LogP contribution in [0.1, 0.15) is 10.9 Å². The van der Waals surface area contributed by atoms with Gasteiger partial charge in [-0.15, -0.1) is 11.8 Å². The van der Waals surface area contributed by atoms with Crippen molar-refractivity contribution in [2.45, 2.75) is 11.4 Å². The fourth-order valence-electron chi connectivity index (χ4n) is 1.37. The lowest BCUT2D eigenvalue weighted by Crippen LogP contribution is -2.23. The molecule has 2 atom stereocenters. The number of hydrogen-bond acceptors (Lipinski definition) is 3. The Morgan fingerprint density at radius 3 is 2.77 bits per heavy atom. The van der Waals surface area contributed by atoms with E-state index in [0.717, 1.165) is 5.75 Å². The number of nitrogens with one attached hydrogen (secondary N) is 1. The number of hydrogen-bond donors (Lipinski definition) is 1. The van der Waals surface area contributed by atoms with Crippen LogP contribution < -0.4 is 5.32 Å². The third-order valence-corrected chi connectivity index (χ3v) is 3.31. The van der Waals surface area contributed by atoms with Crippen molar-refractivity contribution in [1.29, 1.82) is 5.26 Å². The maximum atomic E-state index is 8.70. The molecule has 1 aromatic carbocycles. The summed E-state index contributed by atoms with van der Waals surface area (Å²) >= 11 is 1.79. The lowest BCUT2D eigenvalue weighted by atomic mass is 10.2. The fourth-order valence-corrected chi connectivity index (χ4v) is 2.53. The van der Waals surface area contributed by atoms with Gasteiger partial charge in [-0.2, -0.15) is 5.26 Å². The summed E-state index contributed by atoms with van der Waals surface area (Å²) in [4.78, 5) is 0. The van der Waals surface area contributed by atoms with E-state index in [9.17, 15) is 0 Å². The Morgan fingerprint density at radius 2 is 2.15 bits per heavy atom. The van der Waals surface area contributed by atoms with Crippen molar-refractivity contribution < 1.29 is 0 Å². The lowest BCUT2D eigenvalue weighted by Gasteiger charge is -2.09. The van der Waals surface area contributed by atoms with Crippen molar-refractivity contribution in [3.8, 4) is 6.07 Å². The van der Waals surface area contributed by atoms with E-state index in [4.69, 9.17) is 5.26 Å². The average Bonchev–Trinajstić information content (AvgIpc) is 2.67. The zero-order valence-corrected chi connectivity index (χ0v) is 7.92. The van der Waals surface area contributed by atoms with Crippen molar-refractivity contribution in [1.82, 2.24) is 5.32 Å². The summed E-state index contributed by atoms with van der Waals surface area (Å²) in [5.74, 6) is 0.885. The van der Waals surface area contributed by atoms with Crippen LogP contribution in [0.3, 0.4) is 0 Å². The Hall–Kier alpha value is -0.980. The van der Waals surface area contributed by atoms with Gasteiger partial charge in [-0.05, 0) is 5.56 Å². The second-order valence-electron chi connectivity index (χ2n) is 2.97. The molecule has 0 spiro atoms. The molecule has 3 heteroatoms. The maximum absolute atomic E-state index is 8.70. The summed E-state index contributed by atoms with van der Waals surface area (Å²) in [6.45, 7) is 0. The van der Waals surface area contributed by atoms with E-state index in [0.29, 0.717) is 5.37 Å². The van der Waals surface area contributed by atoms with Crippen LogP contribution in [0.25, 0.3) is 0 Å². The van der Waals surface area contributed by atoms with Crippen molar-refractivity contribution in [3.05, 3.63) is 35.9 Å². The van der Waals surface area contributed by atoms with E-state index < -0.39 is 0 Å². The van der Waals surface area contributed by atoms with Gasteiger partial charge >= 0.3 is 0 Å². The SMILES string of the molecule is N#CC1CSC(c2ccccc2)N1. The lowest BCUT2D eigenvalue weighted by molar-refractivity contribution is 0.671. The van der Waals surface area contributed by atoms with Crippen LogP contribution in [-0.4, -0.2) is 11.8 Å². The van der Waals surface area contributed by atoms with Gasteiger partial charge in [-0.1, -0.05) is 30.3 Å². The monoisotopic (exact) mass is 190 g/mol. The Kier molecular flexibility index (Phi) is 2.53. The average molecular weight is 190 g/mol. The summed E-state index contributed by atoms with van der Waals surface area (Å²) < 4.78 is 0. The summed E-state index contributed by atoms with van der Waals surface area (Å²) in [5, 5.41) is 12.3. The Labute approximate surface area is 82.0 Å². The minimum atomic E-state index is 0.00945. The van der Waals surface area contributed by atoms with Gasteiger partial charge in [-0.25, -0.2) is 0 Å². The Bertz CT molecular complexity index is 317. The third-order valence-electron chi connectivity index (χ3n) is 2.04. The molecule has 2 unspecified atom stereocenters. The van der Waals surface area contributed by atoms with Crippen LogP contribution in [0.2, 0.25) is 0 Å². The highest BCUT2D eigenvalue weighted by molar-refractivity contribution is 7.99. The summed E-state index contributed by atoms with van der Waals surface area (Å²) in [5.41, 5.74) is 1.25. The molecule has 1 aliphatic rings. The maximum Gasteiger partial charge on any atom is 0.106 e. The van der Waals surface area contributed by atoms with E-state index in [2.05, 4.69) is 23.5 Å². The highest BCUT2D eigenvalue weighted by Gasteiger charge is 2.24. The van der Waals surface area contributed by atoms with E-state index in [1.54, 1.807) is 11.8 Å². The molecule has 0 aromatic heterocycles. The number of rotatable bonds is 1. The minimum Gasteiger partial charge on any atom is -0.286 e. The highest BCUT2D eigenvalue weighted by Crippen LogP contribution is 2.31. The Balaban J connectivity index is 2.09. The first-order chi connectivity index (χ1) is 6.40. The molecule has 0 bridgehead atoms. The third kappa shape index (κ3) is 1.85. The minimum absolute atomic E-state index is 0.00945. The van der Waals surface area contributed by atoms with Gasteiger partial charge in [0.05, 0.1) is 11.4 Å². The van der Waals surface area contributed by atoms with Gasteiger partial charge in [-0.3, -0.25) is 5.32 Å². The first-order valence-electron chi connectivity index (χ1n) is 4.22. The first-order valence-corrected chi connectivity index (χ1v) is 5.27. The predicted molar refractivity (Wildman–Crippen MR) is 54.2 cm³/mol. The number of benzene rings is 1. The first kappa shape index (κ1) is 8.61. The van der Waals surface area contributed by atoms with Crippen molar-refractivity contribution in [2.75, 3.05) is 5.75 Å². The van der Waals surface area contributed by atoms with Gasteiger partial charge in [0, 0.05) is 5.75 Å². The molecule has 0 aliphatic carbocycles. The van der Waals surface area contributed by atoms with Crippen LogP contribution in [0, 0.1) is 11.3 Å². The normalized spacial score (nSPS) is 27.0. The molecule has 0 saturated carbocycles. The van der Waals surface area contributed by atoms with E-state index in [1.807, 2.05) is 18.2 Å². The van der Waals surface area contributed by atoms with E-state index in [1.165, 1.54) is 5.56 Å². The molecule has 1 saturated heterocycles. The quantitative estimate of drug-likeness (QED) is 0.734. The zero-order chi connectivity index (χ0) is 9.10.